The van der Waals surface area contributed by atoms with E-state index in [0.29, 0.717) is 50.3 Å². The van der Waals surface area contributed by atoms with E-state index < -0.39 is 84.1 Å². The molecule has 2 aromatic rings. The zero-order chi connectivity index (χ0) is 58.2. The number of piperidine rings is 1. The first-order valence-electron chi connectivity index (χ1n) is 28.0. The lowest BCUT2D eigenvalue weighted by Crippen LogP contribution is -2.60. The maximum Gasteiger partial charge on any atom is 0.264 e. The SMILES string of the molecule is CCC(C)C(C(CC(=O)N1CCCC1C(OC)C(C)C(=O)NC(C)C(O)c1ccccc1)OC)N(C)C(=O)C(NC(=O)C(C(C)C)N(C)CCOCCOCCNc1cccc2c1C(=O)N(C1CCC(=O)NC1=O)C2=O)C(C)C. The van der Waals surface area contributed by atoms with Crippen LogP contribution in [0.3, 0.4) is 0 Å². The Balaban J connectivity index is 1.11. The number of aliphatic hydroxyl groups excluding tert-OH is 1. The van der Waals surface area contributed by atoms with Crippen LogP contribution in [0.2, 0.25) is 0 Å². The monoisotopic (exact) mass is 1100 g/mol. The van der Waals surface area contributed by atoms with Gasteiger partial charge in [0.1, 0.15) is 12.1 Å². The van der Waals surface area contributed by atoms with E-state index in [2.05, 4.69) is 21.3 Å². The first kappa shape index (κ1) is 64.0. The van der Waals surface area contributed by atoms with Crippen LogP contribution in [0.15, 0.2) is 48.5 Å². The lowest BCUT2D eigenvalue weighted by atomic mass is 9.89. The number of nitrogens with one attached hydrogen (secondary N) is 4. The van der Waals surface area contributed by atoms with Crippen molar-refractivity contribution < 1.29 is 62.4 Å². The summed E-state index contributed by atoms with van der Waals surface area (Å²) < 4.78 is 23.7. The molecule has 2 saturated heterocycles. The number of imide groups is 2. The number of anilines is 1. The van der Waals surface area contributed by atoms with Crippen LogP contribution in [0, 0.1) is 23.7 Å². The van der Waals surface area contributed by atoms with Crippen LogP contribution >= 0.6 is 0 Å². The fourth-order valence-corrected chi connectivity index (χ4v) is 11.3. The van der Waals surface area contributed by atoms with Crippen molar-refractivity contribution in [3.8, 4) is 0 Å². The van der Waals surface area contributed by atoms with Gasteiger partial charge in [-0.25, -0.2) is 0 Å². The van der Waals surface area contributed by atoms with E-state index in [-0.39, 0.29) is 91.6 Å². The molecule has 79 heavy (non-hydrogen) atoms. The van der Waals surface area contributed by atoms with Gasteiger partial charge < -0.3 is 49.8 Å². The minimum atomic E-state index is -1.06. The van der Waals surface area contributed by atoms with Crippen molar-refractivity contribution in [3.63, 3.8) is 0 Å². The van der Waals surface area contributed by atoms with Crippen LogP contribution in [-0.4, -0.2) is 195 Å². The minimum absolute atomic E-state index is 0.0275. The summed E-state index contributed by atoms with van der Waals surface area (Å²) in [6, 6.07) is 9.95. The molecule has 438 valence electrons. The lowest BCUT2D eigenvalue weighted by molar-refractivity contribution is -0.148. The number of aliphatic hydroxyl groups is 1. The molecular formula is C58H88N8O13. The highest BCUT2D eigenvalue weighted by molar-refractivity contribution is 6.25. The third-order valence-electron chi connectivity index (χ3n) is 15.8. The van der Waals surface area contributed by atoms with Crippen LogP contribution < -0.4 is 21.3 Å². The van der Waals surface area contributed by atoms with Crippen molar-refractivity contribution in [1.82, 2.24) is 35.6 Å². The number of carbonyl (C=O) groups excluding carboxylic acids is 8. The van der Waals surface area contributed by atoms with Gasteiger partial charge in [0.2, 0.25) is 35.4 Å². The summed E-state index contributed by atoms with van der Waals surface area (Å²) in [5, 5.41) is 22.3. The smallest absolute Gasteiger partial charge is 0.264 e. The fourth-order valence-electron chi connectivity index (χ4n) is 11.3. The molecule has 3 aliphatic heterocycles. The van der Waals surface area contributed by atoms with Gasteiger partial charge in [0.25, 0.3) is 11.8 Å². The van der Waals surface area contributed by atoms with E-state index in [4.69, 9.17) is 18.9 Å². The third-order valence-corrected chi connectivity index (χ3v) is 15.8. The average molecular weight is 1110 g/mol. The number of benzene rings is 2. The Morgan fingerprint density at radius 2 is 1.49 bits per heavy atom. The number of likely N-dealkylation sites (tertiary alicyclic amines) is 1. The lowest BCUT2D eigenvalue weighted by Gasteiger charge is -2.41. The first-order valence-corrected chi connectivity index (χ1v) is 28.0. The first-order chi connectivity index (χ1) is 37.6. The zero-order valence-electron chi connectivity index (χ0n) is 48.5. The topological polar surface area (TPSA) is 255 Å². The molecule has 0 aromatic heterocycles. The summed E-state index contributed by atoms with van der Waals surface area (Å²) in [5.41, 5.74) is 1.47. The molecular weight excluding hydrogens is 1020 g/mol. The second kappa shape index (κ2) is 30.1. The van der Waals surface area contributed by atoms with E-state index in [1.165, 1.54) is 20.3 Å². The van der Waals surface area contributed by atoms with Crippen LogP contribution in [0.1, 0.15) is 126 Å². The Bertz CT molecular complexity index is 2410. The number of carbonyl (C=O) groups is 8. The van der Waals surface area contributed by atoms with Crippen molar-refractivity contribution in [2.45, 2.75) is 148 Å². The molecule has 0 bridgehead atoms. The maximum atomic E-state index is 14.7. The second-order valence-electron chi connectivity index (χ2n) is 22.0. The quantitative estimate of drug-likeness (QED) is 0.0532. The zero-order valence-corrected chi connectivity index (χ0v) is 48.5. The number of rotatable bonds is 31. The van der Waals surface area contributed by atoms with Crippen LogP contribution in [0.5, 0.6) is 0 Å². The van der Waals surface area contributed by atoms with Gasteiger partial charge in [-0.05, 0) is 68.7 Å². The highest BCUT2D eigenvalue weighted by atomic mass is 16.5. The molecule has 11 atom stereocenters. The van der Waals surface area contributed by atoms with E-state index in [9.17, 15) is 43.5 Å². The Hall–Kier alpha value is -5.84. The number of nitrogens with zero attached hydrogens (tertiary/aromatic N) is 4. The number of ether oxygens (including phenoxy) is 4. The Morgan fingerprint density at radius 3 is 2.11 bits per heavy atom. The molecule has 2 aromatic carbocycles. The number of amides is 8. The summed E-state index contributed by atoms with van der Waals surface area (Å²) >= 11 is 0. The molecule has 11 unspecified atom stereocenters. The molecule has 0 spiro atoms. The average Bonchev–Trinajstić information content (AvgIpc) is 4.23. The van der Waals surface area contributed by atoms with Gasteiger partial charge in [-0.2, -0.15) is 0 Å². The molecule has 0 radical (unpaired) electrons. The second-order valence-corrected chi connectivity index (χ2v) is 22.0. The highest BCUT2D eigenvalue weighted by Gasteiger charge is 2.47. The summed E-state index contributed by atoms with van der Waals surface area (Å²) in [4.78, 5) is 114. The number of hydrogen-bond acceptors (Lipinski definition) is 15. The van der Waals surface area contributed by atoms with Crippen LogP contribution in [-0.2, 0) is 47.7 Å². The van der Waals surface area contributed by atoms with Gasteiger partial charge in [-0.3, -0.25) is 53.5 Å². The van der Waals surface area contributed by atoms with Crippen LogP contribution in [0.4, 0.5) is 5.69 Å². The number of methoxy groups -OCH3 is 2. The molecule has 0 aliphatic carbocycles. The predicted octanol–water partition coefficient (Wildman–Crippen LogP) is 3.79. The van der Waals surface area contributed by atoms with Crippen molar-refractivity contribution in [1.29, 1.82) is 0 Å². The molecule has 5 rings (SSSR count). The molecule has 2 fully saturated rings. The van der Waals surface area contributed by atoms with E-state index in [0.717, 1.165) is 11.3 Å². The number of hydrogen-bond donors (Lipinski definition) is 5. The van der Waals surface area contributed by atoms with Crippen molar-refractivity contribution in [3.05, 3.63) is 65.2 Å². The van der Waals surface area contributed by atoms with Gasteiger partial charge in [0, 0.05) is 53.0 Å². The molecule has 21 nitrogen and oxygen atoms in total. The maximum absolute atomic E-state index is 14.7. The largest absolute Gasteiger partial charge is 0.386 e. The van der Waals surface area contributed by atoms with E-state index in [1.54, 1.807) is 55.0 Å². The molecule has 3 aliphatic rings. The Morgan fingerprint density at radius 1 is 0.810 bits per heavy atom. The standard InChI is InChI=1S/C58H88N8O13/c1-13-36(6)50(44(76-11)33-46(68)65-27-18-23-42(65)52(77-12)37(7)53(70)60-38(8)51(69)39-19-15-14-16-20-39)64(10)58(75)48(34(2)3)62-55(72)49(35(4)5)63(9)28-30-79-32-31-78-29-26-59-41-22-17-21-40-47(41)57(74)66(56(40)73)43-24-25-45(67)61-54(43)71/h14-17,19-22,34-38,42-44,48-52,59,69H,13,18,23-33H2,1-12H3,(H,60,70)(H,62,72)(H,61,67,71). The Kier molecular flexibility index (Phi) is 24.4. The number of fused-ring (bicyclic) bond motifs is 1. The number of likely N-dealkylation sites (N-methyl/N-ethyl adjacent to an activating group) is 2. The van der Waals surface area contributed by atoms with Gasteiger partial charge in [-0.15, -0.1) is 0 Å². The van der Waals surface area contributed by atoms with E-state index in [1.807, 2.05) is 71.7 Å². The highest BCUT2D eigenvalue weighted by Crippen LogP contribution is 2.33. The van der Waals surface area contributed by atoms with Gasteiger partial charge in [0.15, 0.2) is 0 Å². The van der Waals surface area contributed by atoms with E-state index >= 15 is 0 Å². The van der Waals surface area contributed by atoms with Gasteiger partial charge >= 0.3 is 0 Å². The Labute approximate surface area is 466 Å². The minimum Gasteiger partial charge on any atom is -0.386 e. The predicted molar refractivity (Wildman–Crippen MR) is 296 cm³/mol. The summed E-state index contributed by atoms with van der Waals surface area (Å²) in [6.45, 7) is 17.5. The van der Waals surface area contributed by atoms with Crippen molar-refractivity contribution in [2.75, 3.05) is 79.7 Å². The summed E-state index contributed by atoms with van der Waals surface area (Å²) in [7, 11) is 6.62. The van der Waals surface area contributed by atoms with Gasteiger partial charge in [0.05, 0.1) is 92.4 Å². The van der Waals surface area contributed by atoms with Crippen molar-refractivity contribution in [2.24, 2.45) is 23.7 Å². The third kappa shape index (κ3) is 16.0. The molecule has 5 N–H and O–H groups in total. The molecule has 0 saturated carbocycles. The van der Waals surface area contributed by atoms with Crippen LogP contribution in [0.25, 0.3) is 0 Å². The summed E-state index contributed by atoms with van der Waals surface area (Å²) in [5.74, 6) is -4.53. The molecule has 8 amide bonds. The molecule has 3 heterocycles. The summed E-state index contributed by atoms with van der Waals surface area (Å²) in [6.07, 6.45) is -0.128. The fraction of sp³-hybridized carbons (Fsp3) is 0.655. The molecule has 21 heteroatoms. The van der Waals surface area contributed by atoms with Gasteiger partial charge in [-0.1, -0.05) is 91.3 Å². The normalized spacial score (nSPS) is 20.1. The van der Waals surface area contributed by atoms with Crippen molar-refractivity contribution >= 4 is 52.9 Å².